The molecule has 0 aromatic heterocycles. The largest absolute Gasteiger partial charge is 0.468 e. The Morgan fingerprint density at radius 2 is 1.46 bits per heavy atom. The maximum Gasteiger partial charge on any atom is 0.322 e. The van der Waals surface area contributed by atoms with Crippen LogP contribution < -0.4 is 5.32 Å². The van der Waals surface area contributed by atoms with E-state index in [0.717, 1.165) is 5.69 Å². The number of rotatable bonds is 6. The molecule has 126 valence electrons. The Bertz CT molecular complexity index is 672. The number of carbonyl (C=O) groups excluding carboxylic acids is 2. The standard InChI is InChI=1S/C18H18ClNO4/c1-23-17(21)15(18(22)24-2)16(12-8-10-13(19)11-9-12)20-14-6-4-3-5-7-14/h3-11,15-16,20H,1-2H3. The summed E-state index contributed by atoms with van der Waals surface area (Å²) in [6.45, 7) is 0. The van der Waals surface area contributed by atoms with Crippen molar-refractivity contribution in [1.82, 2.24) is 0 Å². The van der Waals surface area contributed by atoms with Crippen molar-refractivity contribution in [1.29, 1.82) is 0 Å². The summed E-state index contributed by atoms with van der Waals surface area (Å²) >= 11 is 5.93. The van der Waals surface area contributed by atoms with Gasteiger partial charge in [0.05, 0.1) is 20.3 Å². The Hall–Kier alpha value is -2.53. The van der Waals surface area contributed by atoms with Crippen LogP contribution in [0.4, 0.5) is 5.69 Å². The van der Waals surface area contributed by atoms with Crippen LogP contribution >= 0.6 is 11.6 Å². The van der Waals surface area contributed by atoms with Gasteiger partial charge in [-0.1, -0.05) is 41.9 Å². The van der Waals surface area contributed by atoms with E-state index in [1.54, 1.807) is 24.3 Å². The number of hydrogen-bond donors (Lipinski definition) is 1. The van der Waals surface area contributed by atoms with Crippen LogP contribution in [0.3, 0.4) is 0 Å². The fourth-order valence-electron chi connectivity index (χ4n) is 2.37. The third kappa shape index (κ3) is 4.26. The second-order valence-electron chi connectivity index (χ2n) is 5.06. The van der Waals surface area contributed by atoms with Crippen LogP contribution in [0.2, 0.25) is 5.02 Å². The average Bonchev–Trinajstić information content (AvgIpc) is 2.62. The van der Waals surface area contributed by atoms with Gasteiger partial charge in [-0.3, -0.25) is 9.59 Å². The van der Waals surface area contributed by atoms with Gasteiger partial charge in [0.15, 0.2) is 5.92 Å². The highest BCUT2D eigenvalue weighted by atomic mass is 35.5. The van der Waals surface area contributed by atoms with Gasteiger partial charge in [0.25, 0.3) is 0 Å². The quantitative estimate of drug-likeness (QED) is 0.640. The van der Waals surface area contributed by atoms with Crippen LogP contribution in [0.25, 0.3) is 0 Å². The predicted octanol–water partition coefficient (Wildman–Crippen LogP) is 3.46. The smallest absolute Gasteiger partial charge is 0.322 e. The number of benzene rings is 2. The van der Waals surface area contributed by atoms with Crippen molar-refractivity contribution in [2.75, 3.05) is 19.5 Å². The van der Waals surface area contributed by atoms with Gasteiger partial charge in [-0.25, -0.2) is 0 Å². The number of nitrogens with one attached hydrogen (secondary N) is 1. The Morgan fingerprint density at radius 3 is 1.96 bits per heavy atom. The Balaban J connectivity index is 2.45. The summed E-state index contributed by atoms with van der Waals surface area (Å²) < 4.78 is 9.59. The van der Waals surface area contributed by atoms with Crippen molar-refractivity contribution in [2.24, 2.45) is 5.92 Å². The van der Waals surface area contributed by atoms with Gasteiger partial charge in [0.1, 0.15) is 0 Å². The molecule has 2 aromatic carbocycles. The van der Waals surface area contributed by atoms with E-state index in [1.165, 1.54) is 14.2 Å². The summed E-state index contributed by atoms with van der Waals surface area (Å²) in [6, 6.07) is 15.5. The zero-order valence-corrected chi connectivity index (χ0v) is 14.1. The zero-order valence-electron chi connectivity index (χ0n) is 13.4. The van der Waals surface area contributed by atoms with Gasteiger partial charge in [0, 0.05) is 10.7 Å². The fraction of sp³-hybridized carbons (Fsp3) is 0.222. The average molecular weight is 348 g/mol. The van der Waals surface area contributed by atoms with Crippen LogP contribution in [0.5, 0.6) is 0 Å². The van der Waals surface area contributed by atoms with Crippen LogP contribution in [0.15, 0.2) is 54.6 Å². The van der Waals surface area contributed by atoms with E-state index in [-0.39, 0.29) is 0 Å². The molecule has 1 N–H and O–H groups in total. The molecule has 2 rings (SSSR count). The van der Waals surface area contributed by atoms with E-state index >= 15 is 0 Å². The lowest BCUT2D eigenvalue weighted by atomic mass is 9.92. The minimum Gasteiger partial charge on any atom is -0.468 e. The number of halogens is 1. The molecule has 1 atom stereocenters. The molecule has 5 nitrogen and oxygen atoms in total. The topological polar surface area (TPSA) is 64.6 Å². The molecule has 1 unspecified atom stereocenters. The molecule has 0 bridgehead atoms. The molecule has 0 saturated carbocycles. The summed E-state index contributed by atoms with van der Waals surface area (Å²) in [7, 11) is 2.47. The van der Waals surface area contributed by atoms with Crippen LogP contribution in [0, 0.1) is 5.92 Å². The molecule has 0 aliphatic carbocycles. The van der Waals surface area contributed by atoms with Gasteiger partial charge >= 0.3 is 11.9 Å². The summed E-state index contributed by atoms with van der Waals surface area (Å²) in [4.78, 5) is 24.4. The summed E-state index contributed by atoms with van der Waals surface area (Å²) in [5, 5.41) is 3.76. The SMILES string of the molecule is COC(=O)C(C(=O)OC)C(Nc1ccccc1)c1ccc(Cl)cc1. The predicted molar refractivity (Wildman–Crippen MR) is 91.8 cm³/mol. The number of anilines is 1. The maximum absolute atomic E-state index is 12.2. The lowest BCUT2D eigenvalue weighted by molar-refractivity contribution is -0.159. The Morgan fingerprint density at radius 1 is 0.917 bits per heavy atom. The third-order valence-corrected chi connectivity index (χ3v) is 3.82. The third-order valence-electron chi connectivity index (χ3n) is 3.57. The molecule has 0 spiro atoms. The first-order chi connectivity index (χ1) is 11.6. The minimum atomic E-state index is -1.15. The van der Waals surface area contributed by atoms with E-state index < -0.39 is 23.9 Å². The Labute approximate surface area is 145 Å². The van der Waals surface area contributed by atoms with E-state index in [4.69, 9.17) is 21.1 Å². The molecule has 0 aliphatic rings. The first kappa shape index (κ1) is 17.8. The fourth-order valence-corrected chi connectivity index (χ4v) is 2.49. The molecule has 0 amide bonds. The van der Waals surface area contributed by atoms with Crippen molar-refractivity contribution in [3.63, 3.8) is 0 Å². The zero-order chi connectivity index (χ0) is 17.5. The number of carbonyl (C=O) groups is 2. The molecule has 2 aromatic rings. The van der Waals surface area contributed by atoms with Gasteiger partial charge in [0.2, 0.25) is 0 Å². The van der Waals surface area contributed by atoms with E-state index in [2.05, 4.69) is 5.32 Å². The highest BCUT2D eigenvalue weighted by Gasteiger charge is 2.38. The van der Waals surface area contributed by atoms with E-state index in [0.29, 0.717) is 10.6 Å². The molecule has 6 heteroatoms. The highest BCUT2D eigenvalue weighted by Crippen LogP contribution is 2.29. The van der Waals surface area contributed by atoms with E-state index in [1.807, 2.05) is 30.3 Å². The molecular formula is C18H18ClNO4. The maximum atomic E-state index is 12.2. The lowest BCUT2D eigenvalue weighted by Crippen LogP contribution is -2.35. The number of methoxy groups -OCH3 is 2. The first-order valence-corrected chi connectivity index (χ1v) is 7.67. The molecule has 0 saturated heterocycles. The minimum absolute atomic E-state index is 0.560. The van der Waals surface area contributed by atoms with Crippen LogP contribution in [-0.2, 0) is 19.1 Å². The van der Waals surface area contributed by atoms with Crippen molar-refractivity contribution in [3.05, 3.63) is 65.2 Å². The Kier molecular flexibility index (Phi) is 6.21. The second kappa shape index (κ2) is 8.36. The summed E-state index contributed by atoms with van der Waals surface area (Å²) in [6.07, 6.45) is 0. The first-order valence-electron chi connectivity index (χ1n) is 7.29. The lowest BCUT2D eigenvalue weighted by Gasteiger charge is -2.26. The number of para-hydroxylation sites is 1. The van der Waals surface area contributed by atoms with Crippen LogP contribution in [-0.4, -0.2) is 26.2 Å². The molecular weight excluding hydrogens is 330 g/mol. The molecule has 24 heavy (non-hydrogen) atoms. The highest BCUT2D eigenvalue weighted by molar-refractivity contribution is 6.30. The monoisotopic (exact) mass is 347 g/mol. The van der Waals surface area contributed by atoms with Crippen molar-refractivity contribution >= 4 is 29.2 Å². The number of ether oxygens (including phenoxy) is 2. The molecule has 0 radical (unpaired) electrons. The molecule has 0 aliphatic heterocycles. The number of esters is 2. The van der Waals surface area contributed by atoms with Gasteiger partial charge in [-0.2, -0.15) is 0 Å². The van der Waals surface area contributed by atoms with Crippen LogP contribution in [0.1, 0.15) is 11.6 Å². The van der Waals surface area contributed by atoms with Crippen molar-refractivity contribution in [2.45, 2.75) is 6.04 Å². The van der Waals surface area contributed by atoms with E-state index in [9.17, 15) is 9.59 Å². The second-order valence-corrected chi connectivity index (χ2v) is 5.50. The van der Waals surface area contributed by atoms with Gasteiger partial charge < -0.3 is 14.8 Å². The summed E-state index contributed by atoms with van der Waals surface area (Å²) in [5.41, 5.74) is 1.47. The number of hydrogen-bond acceptors (Lipinski definition) is 5. The normalized spacial score (nSPS) is 11.7. The summed E-state index contributed by atoms with van der Waals surface area (Å²) in [5.74, 6) is -2.50. The molecule has 0 heterocycles. The van der Waals surface area contributed by atoms with Crippen molar-refractivity contribution < 1.29 is 19.1 Å². The van der Waals surface area contributed by atoms with Gasteiger partial charge in [-0.15, -0.1) is 0 Å². The molecule has 0 fully saturated rings. The van der Waals surface area contributed by atoms with Gasteiger partial charge in [-0.05, 0) is 29.8 Å². The van der Waals surface area contributed by atoms with Crippen molar-refractivity contribution in [3.8, 4) is 0 Å².